The van der Waals surface area contributed by atoms with Gasteiger partial charge in [0.05, 0.1) is 5.69 Å². The Morgan fingerprint density at radius 3 is 2.71 bits per heavy atom. The van der Waals surface area contributed by atoms with E-state index in [4.69, 9.17) is 16.3 Å². The number of benzene rings is 1. The molecule has 21 heavy (non-hydrogen) atoms. The molecule has 0 saturated heterocycles. The number of rotatable bonds is 5. The number of aromatic nitrogens is 1. The van der Waals surface area contributed by atoms with Crippen LogP contribution in [0.2, 0.25) is 5.15 Å². The number of amides is 1. The van der Waals surface area contributed by atoms with Gasteiger partial charge in [-0.15, -0.1) is 0 Å². The van der Waals surface area contributed by atoms with E-state index in [-0.39, 0.29) is 23.5 Å². The molecule has 5 nitrogen and oxygen atoms in total. The number of carbonyl (C=O) groups is 2. The third kappa shape index (κ3) is 4.03. The summed E-state index contributed by atoms with van der Waals surface area (Å²) in [7, 11) is 0. The van der Waals surface area contributed by atoms with E-state index in [9.17, 15) is 9.59 Å². The highest BCUT2D eigenvalue weighted by atomic mass is 35.5. The smallest absolute Gasteiger partial charge is 0.262 e. The largest absolute Gasteiger partial charge is 0.481 e. The predicted octanol–water partition coefficient (Wildman–Crippen LogP) is 2.96. The predicted molar refractivity (Wildman–Crippen MR) is 79.8 cm³/mol. The van der Waals surface area contributed by atoms with Gasteiger partial charge in [-0.3, -0.25) is 9.59 Å². The fraction of sp³-hybridized carbons (Fsp3) is 0.133. The molecule has 1 heterocycles. The van der Waals surface area contributed by atoms with Crippen molar-refractivity contribution in [1.82, 2.24) is 4.98 Å². The van der Waals surface area contributed by atoms with Crippen molar-refractivity contribution in [2.45, 2.75) is 6.92 Å². The molecule has 1 aromatic heterocycles. The molecule has 0 unspecified atom stereocenters. The number of para-hydroxylation sites is 1. The molecule has 0 aliphatic heterocycles. The number of nitrogens with zero attached hydrogens (tertiary/aromatic N) is 1. The van der Waals surface area contributed by atoms with Gasteiger partial charge in [0, 0.05) is 11.8 Å². The summed E-state index contributed by atoms with van der Waals surface area (Å²) in [4.78, 5) is 27.2. The van der Waals surface area contributed by atoms with Gasteiger partial charge in [-0.2, -0.15) is 0 Å². The Morgan fingerprint density at radius 2 is 2.00 bits per heavy atom. The molecule has 2 aromatic rings. The van der Waals surface area contributed by atoms with Gasteiger partial charge in [0.2, 0.25) is 0 Å². The highest BCUT2D eigenvalue weighted by molar-refractivity contribution is 6.30. The number of hydrogen-bond donors (Lipinski definition) is 1. The van der Waals surface area contributed by atoms with E-state index in [2.05, 4.69) is 10.3 Å². The van der Waals surface area contributed by atoms with Crippen molar-refractivity contribution in [1.29, 1.82) is 0 Å². The summed E-state index contributed by atoms with van der Waals surface area (Å²) in [5.41, 5.74) is 0.904. The standard InChI is InChI=1S/C15H13ClN2O3/c1-10(19)11-5-2-3-6-12(11)18-14(20)9-21-13-7-4-8-17-15(13)16/h2-8H,9H2,1H3,(H,18,20). The Kier molecular flexibility index (Phi) is 4.90. The van der Waals surface area contributed by atoms with Gasteiger partial charge in [-0.25, -0.2) is 4.98 Å². The lowest BCUT2D eigenvalue weighted by Crippen LogP contribution is -2.21. The van der Waals surface area contributed by atoms with Crippen LogP contribution in [0.3, 0.4) is 0 Å². The van der Waals surface area contributed by atoms with Gasteiger partial charge in [0.1, 0.15) is 0 Å². The number of carbonyl (C=O) groups excluding carboxylic acids is 2. The van der Waals surface area contributed by atoms with Crippen LogP contribution in [-0.4, -0.2) is 23.3 Å². The number of ether oxygens (including phenoxy) is 1. The Balaban J connectivity index is 2.00. The zero-order valence-corrected chi connectivity index (χ0v) is 12.1. The first kappa shape index (κ1) is 15.0. The van der Waals surface area contributed by atoms with Crippen molar-refractivity contribution in [2.24, 2.45) is 0 Å². The van der Waals surface area contributed by atoms with Crippen LogP contribution in [0.5, 0.6) is 5.75 Å². The topological polar surface area (TPSA) is 68.3 Å². The van der Waals surface area contributed by atoms with Crippen molar-refractivity contribution in [2.75, 3.05) is 11.9 Å². The van der Waals surface area contributed by atoms with Crippen molar-refractivity contribution in [3.63, 3.8) is 0 Å². The first-order chi connectivity index (χ1) is 10.1. The second kappa shape index (κ2) is 6.85. The lowest BCUT2D eigenvalue weighted by Gasteiger charge is -2.10. The number of halogens is 1. The van der Waals surface area contributed by atoms with E-state index in [0.717, 1.165) is 0 Å². The number of nitrogens with one attached hydrogen (secondary N) is 1. The van der Waals surface area contributed by atoms with Crippen LogP contribution in [0.4, 0.5) is 5.69 Å². The molecule has 1 amide bonds. The molecule has 0 bridgehead atoms. The maximum atomic E-state index is 11.9. The van der Waals surface area contributed by atoms with E-state index < -0.39 is 0 Å². The lowest BCUT2D eigenvalue weighted by atomic mass is 10.1. The zero-order valence-electron chi connectivity index (χ0n) is 11.3. The minimum Gasteiger partial charge on any atom is -0.481 e. The number of anilines is 1. The summed E-state index contributed by atoms with van der Waals surface area (Å²) < 4.78 is 5.28. The Bertz CT molecular complexity index is 673. The molecule has 1 aromatic carbocycles. The third-order valence-electron chi connectivity index (χ3n) is 2.66. The van der Waals surface area contributed by atoms with Crippen molar-refractivity contribution >= 4 is 29.0 Å². The number of Topliss-reactive ketones (excluding diaryl/α,β-unsaturated/α-hetero) is 1. The minimum absolute atomic E-state index is 0.123. The quantitative estimate of drug-likeness (QED) is 0.681. The fourth-order valence-corrected chi connectivity index (χ4v) is 1.88. The molecule has 0 fully saturated rings. The molecular formula is C15H13ClN2O3. The van der Waals surface area contributed by atoms with Crippen LogP contribution < -0.4 is 10.1 Å². The molecule has 0 spiro atoms. The summed E-state index contributed by atoms with van der Waals surface area (Å²) in [6.07, 6.45) is 1.53. The molecule has 1 N–H and O–H groups in total. The van der Waals surface area contributed by atoms with Gasteiger partial charge >= 0.3 is 0 Å². The first-order valence-corrected chi connectivity index (χ1v) is 6.59. The van der Waals surface area contributed by atoms with E-state index in [0.29, 0.717) is 17.0 Å². The van der Waals surface area contributed by atoms with Gasteiger partial charge in [0.25, 0.3) is 5.91 Å². The summed E-state index contributed by atoms with van der Waals surface area (Å²) in [5.74, 6) is -0.181. The zero-order chi connectivity index (χ0) is 15.2. The van der Waals surface area contributed by atoms with Gasteiger partial charge < -0.3 is 10.1 Å². The van der Waals surface area contributed by atoms with Crippen molar-refractivity contribution < 1.29 is 14.3 Å². The van der Waals surface area contributed by atoms with Gasteiger partial charge in [-0.1, -0.05) is 23.7 Å². The molecule has 108 valence electrons. The van der Waals surface area contributed by atoms with Crippen LogP contribution in [0, 0.1) is 0 Å². The fourth-order valence-electron chi connectivity index (χ4n) is 1.71. The van der Waals surface area contributed by atoms with Crippen LogP contribution in [-0.2, 0) is 4.79 Å². The molecule has 6 heteroatoms. The highest BCUT2D eigenvalue weighted by Crippen LogP contribution is 2.20. The normalized spacial score (nSPS) is 10.0. The Labute approximate surface area is 126 Å². The number of ketones is 1. The average molecular weight is 305 g/mol. The second-order valence-electron chi connectivity index (χ2n) is 4.23. The Morgan fingerprint density at radius 1 is 1.24 bits per heavy atom. The van der Waals surface area contributed by atoms with E-state index in [1.54, 1.807) is 36.4 Å². The summed E-state index contributed by atoms with van der Waals surface area (Å²) in [6, 6.07) is 10.1. The average Bonchev–Trinajstić information content (AvgIpc) is 2.47. The van der Waals surface area contributed by atoms with Gasteiger partial charge in [0.15, 0.2) is 23.3 Å². The summed E-state index contributed by atoms with van der Waals surface area (Å²) in [6.45, 7) is 1.22. The first-order valence-electron chi connectivity index (χ1n) is 6.21. The maximum absolute atomic E-state index is 11.9. The molecular weight excluding hydrogens is 292 g/mol. The van der Waals surface area contributed by atoms with E-state index in [1.165, 1.54) is 13.1 Å². The molecule has 0 radical (unpaired) electrons. The van der Waals surface area contributed by atoms with E-state index >= 15 is 0 Å². The second-order valence-corrected chi connectivity index (χ2v) is 4.59. The number of hydrogen-bond acceptors (Lipinski definition) is 4. The Hall–Kier alpha value is -2.40. The maximum Gasteiger partial charge on any atom is 0.262 e. The van der Waals surface area contributed by atoms with Crippen LogP contribution in [0.25, 0.3) is 0 Å². The third-order valence-corrected chi connectivity index (χ3v) is 2.95. The monoisotopic (exact) mass is 304 g/mol. The van der Waals surface area contributed by atoms with Crippen LogP contribution in [0.15, 0.2) is 42.6 Å². The molecule has 0 atom stereocenters. The summed E-state index contributed by atoms with van der Waals surface area (Å²) >= 11 is 5.82. The molecule has 2 rings (SSSR count). The highest BCUT2D eigenvalue weighted by Gasteiger charge is 2.11. The van der Waals surface area contributed by atoms with Crippen LogP contribution >= 0.6 is 11.6 Å². The molecule has 0 saturated carbocycles. The SMILES string of the molecule is CC(=O)c1ccccc1NC(=O)COc1cccnc1Cl. The minimum atomic E-state index is -0.386. The molecule has 0 aliphatic carbocycles. The van der Waals surface area contributed by atoms with Crippen LogP contribution in [0.1, 0.15) is 17.3 Å². The summed E-state index contributed by atoms with van der Waals surface area (Å²) in [5, 5.41) is 2.82. The van der Waals surface area contributed by atoms with E-state index in [1.807, 2.05) is 0 Å². The lowest BCUT2D eigenvalue weighted by molar-refractivity contribution is -0.118. The van der Waals surface area contributed by atoms with Crippen molar-refractivity contribution in [3.8, 4) is 5.75 Å². The van der Waals surface area contributed by atoms with Gasteiger partial charge in [-0.05, 0) is 31.2 Å². The van der Waals surface area contributed by atoms with Crippen molar-refractivity contribution in [3.05, 3.63) is 53.3 Å². The molecule has 0 aliphatic rings. The number of pyridine rings is 1.